The summed E-state index contributed by atoms with van der Waals surface area (Å²) in [7, 11) is 1.86. The first-order valence-corrected chi connectivity index (χ1v) is 8.53. The summed E-state index contributed by atoms with van der Waals surface area (Å²) in [5, 5.41) is 8.10. The number of rotatable bonds is 6. The van der Waals surface area contributed by atoms with E-state index in [1.54, 1.807) is 16.4 Å². The van der Waals surface area contributed by atoms with Crippen molar-refractivity contribution in [2.75, 3.05) is 11.1 Å². The molecule has 0 saturated heterocycles. The third-order valence-electron chi connectivity index (χ3n) is 3.23. The smallest absolute Gasteiger partial charge is 0.238 e. The molecule has 0 aliphatic rings. The van der Waals surface area contributed by atoms with E-state index < -0.39 is 0 Å². The van der Waals surface area contributed by atoms with Crippen molar-refractivity contribution in [3.63, 3.8) is 0 Å². The highest BCUT2D eigenvalue weighted by molar-refractivity contribution is 8.00. The Labute approximate surface area is 135 Å². The summed E-state index contributed by atoms with van der Waals surface area (Å²) >= 11 is 1.61. The minimum absolute atomic E-state index is 0.0359. The fraction of sp³-hybridized carbons (Fsp3) is 0.500. The second-order valence-electron chi connectivity index (χ2n) is 5.38. The third kappa shape index (κ3) is 3.55. The molecule has 1 heterocycles. The van der Waals surface area contributed by atoms with Crippen LogP contribution in [0, 0.1) is 0 Å². The van der Waals surface area contributed by atoms with Gasteiger partial charge >= 0.3 is 0 Å². The molecule has 0 aliphatic carbocycles. The maximum Gasteiger partial charge on any atom is 0.238 e. The first-order valence-electron chi connectivity index (χ1n) is 7.48. The number of amides is 1. The van der Waals surface area contributed by atoms with Crippen LogP contribution in [0.5, 0.6) is 5.75 Å². The lowest BCUT2D eigenvalue weighted by molar-refractivity contribution is -0.115. The second-order valence-corrected chi connectivity index (χ2v) is 6.99. The Hall–Kier alpha value is -1.69. The number of carbonyl (C=O) groups excluding carboxylic acids is 1. The largest absolute Gasteiger partial charge is 0.490 e. The molecule has 0 radical (unpaired) electrons. The van der Waals surface area contributed by atoms with Crippen LogP contribution in [0.2, 0.25) is 0 Å². The summed E-state index contributed by atoms with van der Waals surface area (Å²) in [5.41, 5.74) is 0.934. The molecule has 1 aromatic heterocycles. The molecule has 2 rings (SSSR count). The SMILES string of the molecule is CCSC(C)C(=O)Nc1nn(C)c2cccc(OC(C)C)c12. The fourth-order valence-corrected chi connectivity index (χ4v) is 2.98. The zero-order valence-electron chi connectivity index (χ0n) is 13.7. The summed E-state index contributed by atoms with van der Waals surface area (Å²) < 4.78 is 7.62. The van der Waals surface area contributed by atoms with Crippen LogP contribution >= 0.6 is 11.8 Å². The molecular formula is C16H23N3O2S. The summed E-state index contributed by atoms with van der Waals surface area (Å²) in [6.45, 7) is 7.90. The van der Waals surface area contributed by atoms with Gasteiger partial charge in [-0.25, -0.2) is 0 Å². The summed E-state index contributed by atoms with van der Waals surface area (Å²) in [6.07, 6.45) is 0.0592. The number of anilines is 1. The van der Waals surface area contributed by atoms with Gasteiger partial charge < -0.3 is 10.1 Å². The minimum atomic E-state index is -0.111. The monoisotopic (exact) mass is 321 g/mol. The van der Waals surface area contributed by atoms with Crippen LogP contribution < -0.4 is 10.1 Å². The first-order chi connectivity index (χ1) is 10.4. The average Bonchev–Trinajstić information content (AvgIpc) is 2.76. The van der Waals surface area contributed by atoms with Gasteiger partial charge in [0.1, 0.15) is 5.75 Å². The standard InChI is InChI=1S/C16H23N3O2S/c1-6-22-11(4)16(20)17-15-14-12(19(5)18-15)8-7-9-13(14)21-10(2)3/h7-11H,6H2,1-5H3,(H,17,18,20). The van der Waals surface area contributed by atoms with Gasteiger partial charge in [0.05, 0.1) is 22.3 Å². The molecule has 2 aromatic rings. The average molecular weight is 321 g/mol. The van der Waals surface area contributed by atoms with Gasteiger partial charge in [-0.2, -0.15) is 5.10 Å². The molecule has 0 bridgehead atoms. The highest BCUT2D eigenvalue weighted by Gasteiger charge is 2.19. The maximum atomic E-state index is 12.3. The molecule has 5 nitrogen and oxygen atoms in total. The van der Waals surface area contributed by atoms with Crippen molar-refractivity contribution < 1.29 is 9.53 Å². The Balaban J connectivity index is 2.39. The van der Waals surface area contributed by atoms with Crippen molar-refractivity contribution in [3.8, 4) is 5.75 Å². The van der Waals surface area contributed by atoms with Crippen molar-refractivity contribution in [1.82, 2.24) is 9.78 Å². The molecule has 0 aliphatic heterocycles. The van der Waals surface area contributed by atoms with Crippen molar-refractivity contribution in [3.05, 3.63) is 18.2 Å². The Morgan fingerprint density at radius 3 is 2.77 bits per heavy atom. The lowest BCUT2D eigenvalue weighted by Crippen LogP contribution is -2.23. The van der Waals surface area contributed by atoms with E-state index in [-0.39, 0.29) is 17.3 Å². The number of ether oxygens (including phenoxy) is 1. The molecule has 1 unspecified atom stereocenters. The van der Waals surface area contributed by atoms with E-state index in [1.807, 2.05) is 52.9 Å². The zero-order valence-corrected chi connectivity index (χ0v) is 14.5. The van der Waals surface area contributed by atoms with Gasteiger partial charge in [-0.05, 0) is 38.7 Å². The van der Waals surface area contributed by atoms with E-state index in [0.29, 0.717) is 5.82 Å². The lowest BCUT2D eigenvalue weighted by Gasteiger charge is -2.13. The normalized spacial score (nSPS) is 12.6. The van der Waals surface area contributed by atoms with E-state index in [2.05, 4.69) is 10.4 Å². The Morgan fingerprint density at radius 2 is 2.14 bits per heavy atom. The second kappa shape index (κ2) is 7.05. The summed E-state index contributed by atoms with van der Waals surface area (Å²) in [4.78, 5) is 12.3. The van der Waals surface area contributed by atoms with Crippen LogP contribution in [0.4, 0.5) is 5.82 Å². The van der Waals surface area contributed by atoms with Crippen LogP contribution in [0.15, 0.2) is 18.2 Å². The predicted octanol–water partition coefficient (Wildman–Crippen LogP) is 3.44. The zero-order chi connectivity index (χ0) is 16.3. The summed E-state index contributed by atoms with van der Waals surface area (Å²) in [6, 6.07) is 5.81. The maximum absolute atomic E-state index is 12.3. The van der Waals surface area contributed by atoms with Crippen molar-refractivity contribution >= 4 is 34.4 Å². The highest BCUT2D eigenvalue weighted by Crippen LogP contribution is 2.32. The number of nitrogens with one attached hydrogen (secondary N) is 1. The minimum Gasteiger partial charge on any atom is -0.490 e. The van der Waals surface area contributed by atoms with Gasteiger partial charge in [-0.15, -0.1) is 11.8 Å². The first kappa shape index (κ1) is 16.7. The van der Waals surface area contributed by atoms with E-state index >= 15 is 0 Å². The predicted molar refractivity (Wildman–Crippen MR) is 92.7 cm³/mol. The van der Waals surface area contributed by atoms with E-state index in [1.165, 1.54) is 0 Å². The molecule has 1 atom stereocenters. The number of aryl methyl sites for hydroxylation is 1. The molecule has 1 amide bonds. The molecule has 1 N–H and O–H groups in total. The van der Waals surface area contributed by atoms with Crippen LogP contribution in [0.25, 0.3) is 10.9 Å². The molecule has 6 heteroatoms. The number of aromatic nitrogens is 2. The molecule has 0 spiro atoms. The van der Waals surface area contributed by atoms with Crippen molar-refractivity contribution in [1.29, 1.82) is 0 Å². The van der Waals surface area contributed by atoms with Crippen LogP contribution in [-0.2, 0) is 11.8 Å². The summed E-state index contributed by atoms with van der Waals surface area (Å²) in [5.74, 6) is 2.17. The lowest BCUT2D eigenvalue weighted by atomic mass is 10.2. The van der Waals surface area contributed by atoms with E-state index in [0.717, 1.165) is 22.4 Å². The van der Waals surface area contributed by atoms with E-state index in [4.69, 9.17) is 4.74 Å². The molecule has 0 saturated carbocycles. The third-order valence-corrected chi connectivity index (χ3v) is 4.28. The van der Waals surface area contributed by atoms with Crippen molar-refractivity contribution in [2.24, 2.45) is 7.05 Å². The van der Waals surface area contributed by atoms with Crippen LogP contribution in [0.3, 0.4) is 0 Å². The number of thioether (sulfide) groups is 1. The van der Waals surface area contributed by atoms with Gasteiger partial charge in [0, 0.05) is 7.05 Å². The Morgan fingerprint density at radius 1 is 1.41 bits per heavy atom. The highest BCUT2D eigenvalue weighted by atomic mass is 32.2. The van der Waals surface area contributed by atoms with Gasteiger partial charge in [0.25, 0.3) is 0 Å². The molecular weight excluding hydrogens is 298 g/mol. The van der Waals surface area contributed by atoms with Crippen LogP contribution in [0.1, 0.15) is 27.7 Å². The molecule has 1 aromatic carbocycles. The number of benzene rings is 1. The number of fused-ring (bicyclic) bond motifs is 1. The van der Waals surface area contributed by atoms with Crippen LogP contribution in [-0.4, -0.2) is 32.8 Å². The quantitative estimate of drug-likeness (QED) is 0.885. The number of carbonyl (C=O) groups is 1. The number of hydrogen-bond acceptors (Lipinski definition) is 4. The van der Waals surface area contributed by atoms with Gasteiger partial charge in [-0.3, -0.25) is 9.48 Å². The van der Waals surface area contributed by atoms with E-state index in [9.17, 15) is 4.79 Å². The Bertz CT molecular complexity index is 667. The number of nitrogens with zero attached hydrogens (tertiary/aromatic N) is 2. The molecule has 22 heavy (non-hydrogen) atoms. The van der Waals surface area contributed by atoms with Gasteiger partial charge in [-0.1, -0.05) is 13.0 Å². The Kier molecular flexibility index (Phi) is 5.34. The molecule has 0 fully saturated rings. The fourth-order valence-electron chi connectivity index (χ4n) is 2.26. The van der Waals surface area contributed by atoms with Gasteiger partial charge in [0.15, 0.2) is 5.82 Å². The van der Waals surface area contributed by atoms with Gasteiger partial charge in [0.2, 0.25) is 5.91 Å². The topological polar surface area (TPSA) is 56.2 Å². The molecule has 120 valence electrons. The number of hydrogen-bond donors (Lipinski definition) is 1. The van der Waals surface area contributed by atoms with Crippen molar-refractivity contribution in [2.45, 2.75) is 39.0 Å².